The summed E-state index contributed by atoms with van der Waals surface area (Å²) in [7, 11) is 3.25. The number of piperidine rings is 1. The molecule has 0 saturated carbocycles. The number of nitrogens with zero attached hydrogens (tertiary/aromatic N) is 5. The van der Waals surface area contributed by atoms with Crippen molar-refractivity contribution >= 4 is 28.8 Å². The number of hydrogen-bond acceptors (Lipinski definition) is 7. The van der Waals surface area contributed by atoms with Crippen molar-refractivity contribution < 1.29 is 14.3 Å². The Morgan fingerprint density at radius 1 is 0.971 bits per heavy atom. The first-order valence-electron chi connectivity index (χ1n) is 11.2. The van der Waals surface area contributed by atoms with Crippen LogP contribution >= 0.6 is 0 Å². The van der Waals surface area contributed by atoms with E-state index in [1.165, 1.54) is 0 Å². The van der Waals surface area contributed by atoms with Crippen molar-refractivity contribution in [2.24, 2.45) is 0 Å². The zero-order valence-corrected chi connectivity index (χ0v) is 19.1. The van der Waals surface area contributed by atoms with Gasteiger partial charge in [-0.3, -0.25) is 14.5 Å². The molecule has 3 heterocycles. The molecule has 2 aromatic heterocycles. The van der Waals surface area contributed by atoms with Gasteiger partial charge in [0.1, 0.15) is 11.5 Å². The molecular formula is C25H26N6O3. The summed E-state index contributed by atoms with van der Waals surface area (Å²) in [6.07, 6.45) is 8.33. The summed E-state index contributed by atoms with van der Waals surface area (Å²) in [5, 5.41) is 7.95. The van der Waals surface area contributed by atoms with Crippen molar-refractivity contribution in [2.45, 2.75) is 18.9 Å². The predicted octanol–water partition coefficient (Wildman–Crippen LogP) is 4.05. The molecule has 0 unspecified atom stereocenters. The minimum absolute atomic E-state index is 0.286. The molecule has 0 bridgehead atoms. The second-order valence-corrected chi connectivity index (χ2v) is 8.27. The van der Waals surface area contributed by atoms with Gasteiger partial charge in [-0.2, -0.15) is 5.10 Å². The zero-order chi connectivity index (χ0) is 23.5. The van der Waals surface area contributed by atoms with E-state index in [1.54, 1.807) is 20.4 Å². The average molecular weight is 459 g/mol. The molecule has 4 aromatic rings. The molecule has 1 saturated heterocycles. The Kier molecular flexibility index (Phi) is 5.99. The van der Waals surface area contributed by atoms with E-state index < -0.39 is 0 Å². The van der Waals surface area contributed by atoms with Gasteiger partial charge in [-0.1, -0.05) is 0 Å². The van der Waals surface area contributed by atoms with Crippen LogP contribution in [0, 0.1) is 0 Å². The number of hydrogen-bond donors (Lipinski definition) is 1. The van der Waals surface area contributed by atoms with Gasteiger partial charge in [-0.15, -0.1) is 0 Å². The molecule has 0 spiro atoms. The lowest BCUT2D eigenvalue weighted by Crippen LogP contribution is -2.33. The van der Waals surface area contributed by atoms with Crippen molar-refractivity contribution in [3.05, 3.63) is 55.0 Å². The van der Waals surface area contributed by atoms with Gasteiger partial charge < -0.3 is 19.7 Å². The summed E-state index contributed by atoms with van der Waals surface area (Å²) < 4.78 is 12.7. The number of amides is 1. The van der Waals surface area contributed by atoms with E-state index in [0.717, 1.165) is 66.0 Å². The predicted molar refractivity (Wildman–Crippen MR) is 129 cm³/mol. The van der Waals surface area contributed by atoms with Crippen LogP contribution in [-0.4, -0.2) is 58.4 Å². The molecule has 0 atom stereocenters. The topological polar surface area (TPSA) is 94.4 Å². The zero-order valence-electron chi connectivity index (χ0n) is 19.1. The summed E-state index contributed by atoms with van der Waals surface area (Å²) in [6, 6.07) is 11.8. The van der Waals surface area contributed by atoms with E-state index >= 15 is 0 Å². The van der Waals surface area contributed by atoms with Crippen LogP contribution in [-0.2, 0) is 4.79 Å². The molecular weight excluding hydrogens is 432 g/mol. The first kappa shape index (κ1) is 21.7. The van der Waals surface area contributed by atoms with Gasteiger partial charge >= 0.3 is 0 Å². The molecule has 2 aromatic carbocycles. The van der Waals surface area contributed by atoms with Gasteiger partial charge in [0.05, 0.1) is 49.4 Å². The first-order valence-corrected chi connectivity index (χ1v) is 11.2. The standard InChI is InChI=1S/C25H26N6O3/c1-33-21-9-19(10-22(12-21)34-2)28-18-3-4-23-24(11-18)29-25(14-26-23)17-13-27-31(15-17)20-5-7-30(16-32)8-6-20/h3-4,9-16,20,28H,5-8H2,1-2H3. The maximum Gasteiger partial charge on any atom is 0.209 e. The number of rotatable bonds is 7. The molecule has 1 amide bonds. The molecule has 1 N–H and O–H groups in total. The smallest absolute Gasteiger partial charge is 0.209 e. The van der Waals surface area contributed by atoms with E-state index in [9.17, 15) is 4.79 Å². The molecule has 174 valence electrons. The number of aromatic nitrogens is 4. The fourth-order valence-electron chi connectivity index (χ4n) is 4.20. The first-order chi connectivity index (χ1) is 16.6. The number of likely N-dealkylation sites (tertiary alicyclic amines) is 1. The number of nitrogens with one attached hydrogen (secondary N) is 1. The van der Waals surface area contributed by atoms with Crippen molar-refractivity contribution in [2.75, 3.05) is 32.6 Å². The third-order valence-corrected chi connectivity index (χ3v) is 6.10. The number of ether oxygens (including phenoxy) is 2. The van der Waals surface area contributed by atoms with Crippen LogP contribution in [0.3, 0.4) is 0 Å². The Morgan fingerprint density at radius 3 is 2.44 bits per heavy atom. The van der Waals surface area contributed by atoms with Gasteiger partial charge in [0, 0.05) is 54.4 Å². The van der Waals surface area contributed by atoms with E-state index in [-0.39, 0.29) is 6.04 Å². The van der Waals surface area contributed by atoms with E-state index in [2.05, 4.69) is 15.4 Å². The molecule has 34 heavy (non-hydrogen) atoms. The second-order valence-electron chi connectivity index (χ2n) is 8.27. The quantitative estimate of drug-likeness (QED) is 0.418. The van der Waals surface area contributed by atoms with Crippen LogP contribution in [0.5, 0.6) is 11.5 Å². The molecule has 1 aliphatic heterocycles. The Morgan fingerprint density at radius 2 is 1.74 bits per heavy atom. The SMILES string of the molecule is COc1cc(Nc2ccc3ncc(-c4cnn(C5CCN(C=O)CC5)c4)nc3c2)cc(OC)c1. The molecule has 5 rings (SSSR count). The van der Waals surface area contributed by atoms with Crippen molar-refractivity contribution in [1.29, 1.82) is 0 Å². The van der Waals surface area contributed by atoms with E-state index in [1.807, 2.05) is 58.4 Å². The van der Waals surface area contributed by atoms with Gasteiger partial charge in [0.15, 0.2) is 0 Å². The van der Waals surface area contributed by atoms with Crippen LogP contribution in [0.2, 0.25) is 0 Å². The lowest BCUT2D eigenvalue weighted by Gasteiger charge is -2.29. The monoisotopic (exact) mass is 458 g/mol. The lowest BCUT2D eigenvalue weighted by molar-refractivity contribution is -0.119. The Hall–Kier alpha value is -4.14. The summed E-state index contributed by atoms with van der Waals surface area (Å²) in [6.45, 7) is 1.52. The Bertz CT molecular complexity index is 1290. The highest BCUT2D eigenvalue weighted by atomic mass is 16.5. The van der Waals surface area contributed by atoms with Crippen LogP contribution in [0.1, 0.15) is 18.9 Å². The fourth-order valence-corrected chi connectivity index (χ4v) is 4.20. The highest BCUT2D eigenvalue weighted by molar-refractivity contribution is 5.82. The van der Waals surface area contributed by atoms with Gasteiger partial charge in [-0.05, 0) is 31.0 Å². The number of anilines is 2. The molecule has 1 fully saturated rings. The van der Waals surface area contributed by atoms with Crippen molar-refractivity contribution in [3.63, 3.8) is 0 Å². The summed E-state index contributed by atoms with van der Waals surface area (Å²) in [5.74, 6) is 1.41. The summed E-state index contributed by atoms with van der Waals surface area (Å²) in [4.78, 5) is 22.2. The molecule has 9 nitrogen and oxygen atoms in total. The highest BCUT2D eigenvalue weighted by Gasteiger charge is 2.20. The number of methoxy groups -OCH3 is 2. The summed E-state index contributed by atoms with van der Waals surface area (Å²) >= 11 is 0. The van der Waals surface area contributed by atoms with Crippen LogP contribution in [0.15, 0.2) is 55.0 Å². The van der Waals surface area contributed by atoms with Crippen molar-refractivity contribution in [1.82, 2.24) is 24.6 Å². The van der Waals surface area contributed by atoms with E-state index in [0.29, 0.717) is 11.5 Å². The van der Waals surface area contributed by atoms with Gasteiger partial charge in [0.25, 0.3) is 0 Å². The van der Waals surface area contributed by atoms with Crippen LogP contribution in [0.25, 0.3) is 22.3 Å². The molecule has 9 heteroatoms. The largest absolute Gasteiger partial charge is 0.497 e. The third-order valence-electron chi connectivity index (χ3n) is 6.10. The number of fused-ring (bicyclic) bond motifs is 1. The normalized spacial score (nSPS) is 14.2. The number of carbonyl (C=O) groups excluding carboxylic acids is 1. The Labute approximate surface area is 197 Å². The van der Waals surface area contributed by atoms with Crippen molar-refractivity contribution in [3.8, 4) is 22.8 Å². The highest BCUT2D eigenvalue weighted by Crippen LogP contribution is 2.30. The van der Waals surface area contributed by atoms with Gasteiger partial charge in [-0.25, -0.2) is 4.98 Å². The average Bonchev–Trinajstić information content (AvgIpc) is 3.38. The van der Waals surface area contributed by atoms with Crippen LogP contribution < -0.4 is 14.8 Å². The van der Waals surface area contributed by atoms with E-state index in [4.69, 9.17) is 14.5 Å². The molecule has 1 aliphatic rings. The fraction of sp³-hybridized carbons (Fsp3) is 0.280. The Balaban J connectivity index is 1.38. The lowest BCUT2D eigenvalue weighted by atomic mass is 10.1. The number of benzene rings is 2. The third kappa shape index (κ3) is 4.50. The van der Waals surface area contributed by atoms with Crippen LogP contribution in [0.4, 0.5) is 11.4 Å². The maximum atomic E-state index is 11.0. The minimum atomic E-state index is 0.286. The summed E-state index contributed by atoms with van der Waals surface area (Å²) in [5.41, 5.74) is 5.01. The molecule has 0 radical (unpaired) electrons. The maximum absolute atomic E-state index is 11.0. The minimum Gasteiger partial charge on any atom is -0.497 e. The number of carbonyl (C=O) groups is 1. The van der Waals surface area contributed by atoms with Gasteiger partial charge in [0.2, 0.25) is 6.41 Å². The molecule has 0 aliphatic carbocycles. The second kappa shape index (κ2) is 9.38.